The third-order valence-electron chi connectivity index (χ3n) is 5.47. The van der Waals surface area contributed by atoms with Crippen LogP contribution in [-0.2, 0) is 26.3 Å². The maximum Gasteiger partial charge on any atom is 0.304 e. The standard InChI is InChI=1S/C25H34Cl2N4O4S/c1-6-23(25(33)28-15-18(2)3)30(16-19-12-13-21(26)22(27)14-19)24(32)17-31(36(34,35)29(4)5)20-10-8-7-9-11-20/h7-14,18,23H,6,15-17H2,1-5H3,(H,28,33). The number of carbonyl (C=O) groups is 2. The second-order valence-electron chi connectivity index (χ2n) is 8.97. The van der Waals surface area contributed by atoms with Crippen LogP contribution in [0.5, 0.6) is 0 Å². The SMILES string of the molecule is CCC(C(=O)NCC(C)C)N(Cc1ccc(Cl)c(Cl)c1)C(=O)CN(c1ccccc1)S(=O)(=O)N(C)C. The van der Waals surface area contributed by atoms with Crippen LogP contribution in [0.4, 0.5) is 5.69 Å². The van der Waals surface area contributed by atoms with Crippen molar-refractivity contribution < 1.29 is 18.0 Å². The molecule has 0 bridgehead atoms. The van der Waals surface area contributed by atoms with Gasteiger partial charge in [0.25, 0.3) is 0 Å². The van der Waals surface area contributed by atoms with Crippen molar-refractivity contribution in [3.8, 4) is 0 Å². The van der Waals surface area contributed by atoms with Crippen LogP contribution >= 0.6 is 23.2 Å². The number of nitrogens with zero attached hydrogens (tertiary/aromatic N) is 3. The molecule has 198 valence electrons. The number of amides is 2. The van der Waals surface area contributed by atoms with Crippen molar-refractivity contribution in [2.75, 3.05) is 31.5 Å². The van der Waals surface area contributed by atoms with E-state index < -0.39 is 28.7 Å². The van der Waals surface area contributed by atoms with Gasteiger partial charge in [0.05, 0.1) is 15.7 Å². The Hall–Kier alpha value is -2.33. The summed E-state index contributed by atoms with van der Waals surface area (Å²) in [4.78, 5) is 28.3. The van der Waals surface area contributed by atoms with Crippen molar-refractivity contribution in [1.82, 2.24) is 14.5 Å². The van der Waals surface area contributed by atoms with Gasteiger partial charge in [0.15, 0.2) is 0 Å². The van der Waals surface area contributed by atoms with Crippen molar-refractivity contribution >= 4 is 50.9 Å². The highest BCUT2D eigenvalue weighted by Gasteiger charge is 2.33. The van der Waals surface area contributed by atoms with E-state index in [1.807, 2.05) is 13.8 Å². The van der Waals surface area contributed by atoms with E-state index in [-0.39, 0.29) is 18.4 Å². The summed E-state index contributed by atoms with van der Waals surface area (Å²) in [6.45, 7) is 5.77. The van der Waals surface area contributed by atoms with E-state index >= 15 is 0 Å². The Morgan fingerprint density at radius 2 is 1.64 bits per heavy atom. The molecule has 1 atom stereocenters. The van der Waals surface area contributed by atoms with Crippen LogP contribution in [0.1, 0.15) is 32.8 Å². The number of para-hydroxylation sites is 1. The minimum atomic E-state index is -4.00. The molecule has 0 aliphatic carbocycles. The first-order valence-corrected chi connectivity index (χ1v) is 13.8. The smallest absolute Gasteiger partial charge is 0.304 e. The van der Waals surface area contributed by atoms with Crippen LogP contribution in [0.15, 0.2) is 48.5 Å². The van der Waals surface area contributed by atoms with Crippen molar-refractivity contribution in [2.24, 2.45) is 5.92 Å². The fourth-order valence-electron chi connectivity index (χ4n) is 3.49. The zero-order valence-electron chi connectivity index (χ0n) is 21.2. The third kappa shape index (κ3) is 7.83. The van der Waals surface area contributed by atoms with Gasteiger partial charge in [0.2, 0.25) is 11.8 Å². The molecule has 0 saturated carbocycles. The molecule has 0 aromatic heterocycles. The summed E-state index contributed by atoms with van der Waals surface area (Å²) in [6.07, 6.45) is 0.336. The fourth-order valence-corrected chi connectivity index (χ4v) is 4.86. The van der Waals surface area contributed by atoms with E-state index in [1.54, 1.807) is 55.5 Å². The molecule has 0 aliphatic rings. The summed E-state index contributed by atoms with van der Waals surface area (Å²) in [5.74, 6) is -0.604. The van der Waals surface area contributed by atoms with Crippen molar-refractivity contribution in [3.63, 3.8) is 0 Å². The lowest BCUT2D eigenvalue weighted by molar-refractivity contribution is -0.140. The number of hydrogen-bond acceptors (Lipinski definition) is 4. The topological polar surface area (TPSA) is 90.0 Å². The molecule has 1 N–H and O–H groups in total. The van der Waals surface area contributed by atoms with Gasteiger partial charge in [-0.1, -0.05) is 68.2 Å². The molecular weight excluding hydrogens is 523 g/mol. The second-order valence-corrected chi connectivity index (χ2v) is 11.8. The molecule has 1 unspecified atom stereocenters. The van der Waals surface area contributed by atoms with Crippen LogP contribution in [0, 0.1) is 5.92 Å². The maximum atomic E-state index is 13.8. The van der Waals surface area contributed by atoms with Crippen LogP contribution in [-0.4, -0.2) is 62.7 Å². The lowest BCUT2D eigenvalue weighted by atomic mass is 10.1. The minimum absolute atomic E-state index is 0.0496. The molecule has 0 fully saturated rings. The molecule has 2 aromatic carbocycles. The molecule has 0 radical (unpaired) electrons. The highest BCUT2D eigenvalue weighted by molar-refractivity contribution is 7.90. The number of anilines is 1. The highest BCUT2D eigenvalue weighted by Crippen LogP contribution is 2.25. The van der Waals surface area contributed by atoms with Gasteiger partial charge in [-0.25, -0.2) is 4.31 Å². The Morgan fingerprint density at radius 1 is 1.00 bits per heavy atom. The first-order chi connectivity index (χ1) is 16.9. The third-order valence-corrected chi connectivity index (χ3v) is 8.03. The summed E-state index contributed by atoms with van der Waals surface area (Å²) in [5.41, 5.74) is 1.00. The first-order valence-electron chi connectivity index (χ1n) is 11.6. The van der Waals surface area contributed by atoms with E-state index in [9.17, 15) is 18.0 Å². The number of benzene rings is 2. The maximum absolute atomic E-state index is 13.8. The fraction of sp³-hybridized carbons (Fsp3) is 0.440. The Bertz CT molecular complexity index is 1140. The molecule has 36 heavy (non-hydrogen) atoms. The monoisotopic (exact) mass is 556 g/mol. The minimum Gasteiger partial charge on any atom is -0.354 e. The average Bonchev–Trinajstić information content (AvgIpc) is 2.83. The Labute approximate surface area is 224 Å². The van der Waals surface area contributed by atoms with E-state index in [4.69, 9.17) is 23.2 Å². The summed E-state index contributed by atoms with van der Waals surface area (Å²) < 4.78 is 28.4. The largest absolute Gasteiger partial charge is 0.354 e. The quantitative estimate of drug-likeness (QED) is 0.424. The molecule has 0 aliphatic heterocycles. The second kappa shape index (κ2) is 13.3. The summed E-state index contributed by atoms with van der Waals surface area (Å²) >= 11 is 12.2. The number of carbonyl (C=O) groups excluding carboxylic acids is 2. The van der Waals surface area contributed by atoms with Gasteiger partial charge >= 0.3 is 10.2 Å². The van der Waals surface area contributed by atoms with Crippen molar-refractivity contribution in [2.45, 2.75) is 39.8 Å². The Balaban J connectivity index is 2.48. The predicted molar refractivity (Wildman–Crippen MR) is 145 cm³/mol. The molecular formula is C25H34Cl2N4O4S. The predicted octanol–water partition coefficient (Wildman–Crippen LogP) is 4.19. The van der Waals surface area contributed by atoms with Gasteiger partial charge in [-0.3, -0.25) is 9.59 Å². The molecule has 2 aromatic rings. The molecule has 8 nitrogen and oxygen atoms in total. The van der Waals surface area contributed by atoms with Gasteiger partial charge in [-0.05, 0) is 42.2 Å². The molecule has 0 heterocycles. The van der Waals surface area contributed by atoms with Gasteiger partial charge in [-0.2, -0.15) is 12.7 Å². The van der Waals surface area contributed by atoms with Crippen LogP contribution in [0.3, 0.4) is 0 Å². The van der Waals surface area contributed by atoms with Gasteiger partial charge in [-0.15, -0.1) is 0 Å². The van der Waals surface area contributed by atoms with E-state index in [0.29, 0.717) is 34.3 Å². The van der Waals surface area contributed by atoms with Crippen LogP contribution in [0.2, 0.25) is 10.0 Å². The summed E-state index contributed by atoms with van der Waals surface area (Å²) in [7, 11) is -1.20. The van der Waals surface area contributed by atoms with Crippen LogP contribution < -0.4 is 9.62 Å². The summed E-state index contributed by atoms with van der Waals surface area (Å²) in [6, 6.07) is 12.5. The van der Waals surface area contributed by atoms with Crippen LogP contribution in [0.25, 0.3) is 0 Å². The average molecular weight is 558 g/mol. The lowest BCUT2D eigenvalue weighted by Gasteiger charge is -2.34. The zero-order chi connectivity index (χ0) is 27.0. The van der Waals surface area contributed by atoms with E-state index in [1.165, 1.54) is 19.0 Å². The van der Waals surface area contributed by atoms with Gasteiger partial charge in [0.1, 0.15) is 12.6 Å². The molecule has 11 heteroatoms. The van der Waals surface area contributed by atoms with Crippen molar-refractivity contribution in [3.05, 3.63) is 64.1 Å². The Morgan fingerprint density at radius 3 is 2.17 bits per heavy atom. The number of rotatable bonds is 12. The summed E-state index contributed by atoms with van der Waals surface area (Å²) in [5, 5.41) is 3.58. The van der Waals surface area contributed by atoms with E-state index in [2.05, 4.69) is 5.32 Å². The normalized spacial score (nSPS) is 12.5. The van der Waals surface area contributed by atoms with Gasteiger partial charge in [0, 0.05) is 27.2 Å². The molecule has 2 amide bonds. The number of halogens is 2. The highest BCUT2D eigenvalue weighted by atomic mass is 35.5. The zero-order valence-corrected chi connectivity index (χ0v) is 23.6. The molecule has 0 spiro atoms. The first kappa shape index (κ1) is 29.9. The molecule has 2 rings (SSSR count). The molecule has 0 saturated heterocycles. The lowest BCUT2D eigenvalue weighted by Crippen LogP contribution is -2.53. The number of nitrogens with one attached hydrogen (secondary N) is 1. The number of hydrogen-bond donors (Lipinski definition) is 1. The Kier molecular flexibility index (Phi) is 11.0. The van der Waals surface area contributed by atoms with Gasteiger partial charge < -0.3 is 10.2 Å². The van der Waals surface area contributed by atoms with Crippen molar-refractivity contribution in [1.29, 1.82) is 0 Å². The van der Waals surface area contributed by atoms with E-state index in [0.717, 1.165) is 8.61 Å².